The average Bonchev–Trinajstić information content (AvgIpc) is 2.41. The zero-order valence-electron chi connectivity index (χ0n) is 11.7. The van der Waals surface area contributed by atoms with Crippen molar-refractivity contribution in [3.8, 4) is 0 Å². The van der Waals surface area contributed by atoms with Crippen LogP contribution in [-0.2, 0) is 4.74 Å². The molecule has 4 nitrogen and oxygen atoms in total. The van der Waals surface area contributed by atoms with E-state index in [-0.39, 0.29) is 5.91 Å². The van der Waals surface area contributed by atoms with Crippen molar-refractivity contribution in [3.63, 3.8) is 0 Å². The highest BCUT2D eigenvalue weighted by Crippen LogP contribution is 2.18. The second kappa shape index (κ2) is 8.34. The van der Waals surface area contributed by atoms with Crippen LogP contribution in [0.4, 0.5) is 0 Å². The van der Waals surface area contributed by atoms with Crippen molar-refractivity contribution in [2.24, 2.45) is 5.73 Å². The number of ether oxygens (including phenoxy) is 1. The predicted molar refractivity (Wildman–Crippen MR) is 88.1 cm³/mol. The lowest BCUT2D eigenvalue weighted by molar-refractivity contribution is 0.0701. The number of rotatable bonds is 7. The molecular weight excluding hydrogens is 340 g/mol. The van der Waals surface area contributed by atoms with Crippen molar-refractivity contribution in [3.05, 3.63) is 33.8 Å². The molecule has 1 rings (SSSR count). The maximum atomic E-state index is 12.5. The molecular formula is C14H19BrN2O2S. The normalized spacial score (nSPS) is 10.3. The summed E-state index contributed by atoms with van der Waals surface area (Å²) in [5, 5.41) is 0. The Morgan fingerprint density at radius 2 is 2.15 bits per heavy atom. The number of nitrogens with zero attached hydrogens (tertiary/aromatic N) is 1. The first-order valence-electron chi connectivity index (χ1n) is 6.28. The van der Waals surface area contributed by atoms with Gasteiger partial charge in [-0.05, 0) is 24.6 Å². The molecule has 0 spiro atoms. The number of hydrogen-bond donors (Lipinski definition) is 1. The minimum Gasteiger partial charge on any atom is -0.393 e. The number of halogens is 1. The fraction of sp³-hybridized carbons (Fsp3) is 0.429. The van der Waals surface area contributed by atoms with Crippen LogP contribution in [-0.4, -0.2) is 42.6 Å². The molecule has 20 heavy (non-hydrogen) atoms. The third kappa shape index (κ3) is 5.19. The molecule has 2 N–H and O–H groups in total. The lowest BCUT2D eigenvalue weighted by atomic mass is 10.1. The Bertz CT molecular complexity index is 494. The molecule has 0 saturated carbocycles. The van der Waals surface area contributed by atoms with Crippen LogP contribution in [0.5, 0.6) is 0 Å². The van der Waals surface area contributed by atoms with Crippen LogP contribution < -0.4 is 5.73 Å². The number of nitrogens with two attached hydrogens (primary N) is 1. The summed E-state index contributed by atoms with van der Waals surface area (Å²) in [5.74, 6) is -0.0426. The van der Waals surface area contributed by atoms with E-state index in [2.05, 4.69) is 15.9 Å². The Labute approximate surface area is 133 Å². The van der Waals surface area contributed by atoms with Gasteiger partial charge in [0, 0.05) is 36.7 Å². The van der Waals surface area contributed by atoms with E-state index in [4.69, 9.17) is 22.7 Å². The van der Waals surface area contributed by atoms with Crippen LogP contribution in [0.2, 0.25) is 0 Å². The topological polar surface area (TPSA) is 55.6 Å². The van der Waals surface area contributed by atoms with Crippen LogP contribution in [0.15, 0.2) is 22.7 Å². The average molecular weight is 359 g/mol. The fourth-order valence-electron chi connectivity index (χ4n) is 1.67. The maximum absolute atomic E-state index is 12.5. The summed E-state index contributed by atoms with van der Waals surface area (Å²) < 4.78 is 5.96. The SMILES string of the molecule is COCCN(CCC(N)=S)C(=O)c1ccc(C)c(Br)c1. The Morgan fingerprint density at radius 1 is 1.45 bits per heavy atom. The van der Waals surface area contributed by atoms with Gasteiger partial charge in [0.25, 0.3) is 5.91 Å². The number of methoxy groups -OCH3 is 1. The Hall–Kier alpha value is -0.980. The second-order valence-corrected chi connectivity index (χ2v) is 5.84. The molecule has 0 aromatic heterocycles. The summed E-state index contributed by atoms with van der Waals surface area (Å²) in [6.07, 6.45) is 0.512. The van der Waals surface area contributed by atoms with E-state index < -0.39 is 0 Å². The molecule has 0 atom stereocenters. The van der Waals surface area contributed by atoms with Crippen LogP contribution in [0.1, 0.15) is 22.3 Å². The minimum atomic E-state index is -0.0426. The van der Waals surface area contributed by atoms with Crippen LogP contribution in [0.3, 0.4) is 0 Å². The summed E-state index contributed by atoms with van der Waals surface area (Å²) >= 11 is 8.31. The van der Waals surface area contributed by atoms with Crippen molar-refractivity contribution in [2.45, 2.75) is 13.3 Å². The minimum absolute atomic E-state index is 0.0426. The monoisotopic (exact) mass is 358 g/mol. The standard InChI is InChI=1S/C14H19BrN2O2S/c1-10-3-4-11(9-12(10)15)14(18)17(7-8-19-2)6-5-13(16)20/h3-4,9H,5-8H2,1-2H3,(H2,16,20). The Morgan fingerprint density at radius 3 is 2.70 bits per heavy atom. The molecule has 1 aromatic carbocycles. The summed E-state index contributed by atoms with van der Waals surface area (Å²) in [7, 11) is 1.61. The molecule has 110 valence electrons. The predicted octanol–water partition coefficient (Wildman–Crippen LogP) is 2.52. The third-order valence-electron chi connectivity index (χ3n) is 2.90. The van der Waals surface area contributed by atoms with Crippen molar-refractivity contribution < 1.29 is 9.53 Å². The number of benzene rings is 1. The van der Waals surface area contributed by atoms with Gasteiger partial charge in [-0.1, -0.05) is 34.2 Å². The smallest absolute Gasteiger partial charge is 0.253 e. The second-order valence-electron chi connectivity index (χ2n) is 4.47. The van der Waals surface area contributed by atoms with Crippen LogP contribution in [0.25, 0.3) is 0 Å². The van der Waals surface area contributed by atoms with E-state index in [1.165, 1.54) is 0 Å². The summed E-state index contributed by atoms with van der Waals surface area (Å²) in [6.45, 7) is 3.48. The van der Waals surface area contributed by atoms with E-state index in [0.717, 1.165) is 10.0 Å². The summed E-state index contributed by atoms with van der Waals surface area (Å²) in [6, 6.07) is 5.57. The number of carbonyl (C=O) groups is 1. The van der Waals surface area contributed by atoms with E-state index in [1.807, 2.05) is 25.1 Å². The molecule has 0 aliphatic rings. The van der Waals surface area contributed by atoms with Gasteiger partial charge in [0.15, 0.2) is 0 Å². The largest absolute Gasteiger partial charge is 0.393 e. The molecule has 0 saturated heterocycles. The van der Waals surface area contributed by atoms with E-state index in [0.29, 0.717) is 36.7 Å². The number of amides is 1. The van der Waals surface area contributed by atoms with Crippen LogP contribution >= 0.6 is 28.1 Å². The molecule has 0 fully saturated rings. The highest BCUT2D eigenvalue weighted by atomic mass is 79.9. The van der Waals surface area contributed by atoms with E-state index >= 15 is 0 Å². The third-order valence-corrected chi connectivity index (χ3v) is 3.96. The van der Waals surface area contributed by atoms with Gasteiger partial charge in [-0.15, -0.1) is 0 Å². The van der Waals surface area contributed by atoms with Gasteiger partial charge in [-0.3, -0.25) is 4.79 Å². The quantitative estimate of drug-likeness (QED) is 0.760. The van der Waals surface area contributed by atoms with Gasteiger partial charge in [0.1, 0.15) is 0 Å². The first-order valence-corrected chi connectivity index (χ1v) is 7.48. The lowest BCUT2D eigenvalue weighted by Crippen LogP contribution is -2.36. The number of carbonyl (C=O) groups excluding carboxylic acids is 1. The molecule has 0 radical (unpaired) electrons. The van der Waals surface area contributed by atoms with E-state index in [9.17, 15) is 4.79 Å². The molecule has 1 aromatic rings. The molecule has 6 heteroatoms. The summed E-state index contributed by atoms with van der Waals surface area (Å²) in [4.78, 5) is 14.6. The van der Waals surface area contributed by atoms with Crippen molar-refractivity contribution in [1.82, 2.24) is 4.90 Å². The van der Waals surface area contributed by atoms with Gasteiger partial charge in [0.05, 0.1) is 11.6 Å². The molecule has 0 aliphatic heterocycles. The first kappa shape index (κ1) is 17.1. The van der Waals surface area contributed by atoms with Crippen LogP contribution in [0, 0.1) is 6.92 Å². The molecule has 0 bridgehead atoms. The van der Waals surface area contributed by atoms with Gasteiger partial charge < -0.3 is 15.4 Å². The molecule has 0 unspecified atom stereocenters. The highest BCUT2D eigenvalue weighted by Gasteiger charge is 2.16. The molecule has 0 heterocycles. The number of hydrogen-bond acceptors (Lipinski definition) is 3. The van der Waals surface area contributed by atoms with Gasteiger partial charge in [-0.25, -0.2) is 0 Å². The lowest BCUT2D eigenvalue weighted by Gasteiger charge is -2.22. The van der Waals surface area contributed by atoms with Gasteiger partial charge in [0.2, 0.25) is 0 Å². The molecule has 1 amide bonds. The van der Waals surface area contributed by atoms with Crippen molar-refractivity contribution >= 4 is 39.0 Å². The molecule has 0 aliphatic carbocycles. The zero-order chi connectivity index (χ0) is 15.1. The van der Waals surface area contributed by atoms with Crippen molar-refractivity contribution in [1.29, 1.82) is 0 Å². The fourth-order valence-corrected chi connectivity index (χ4v) is 2.14. The Kier molecular flexibility index (Phi) is 7.12. The summed E-state index contributed by atoms with van der Waals surface area (Å²) in [5.41, 5.74) is 7.24. The maximum Gasteiger partial charge on any atom is 0.253 e. The van der Waals surface area contributed by atoms with Gasteiger partial charge >= 0.3 is 0 Å². The van der Waals surface area contributed by atoms with E-state index in [1.54, 1.807) is 12.0 Å². The zero-order valence-corrected chi connectivity index (χ0v) is 14.1. The number of thiocarbonyl (C=S) groups is 1. The highest BCUT2D eigenvalue weighted by molar-refractivity contribution is 9.10. The Balaban J connectivity index is 2.84. The van der Waals surface area contributed by atoms with Gasteiger partial charge in [-0.2, -0.15) is 0 Å². The number of aryl methyl sites for hydroxylation is 1. The van der Waals surface area contributed by atoms with Crippen molar-refractivity contribution in [2.75, 3.05) is 26.8 Å². The first-order chi connectivity index (χ1) is 9.45.